The Morgan fingerprint density at radius 1 is 1.13 bits per heavy atom. The summed E-state index contributed by atoms with van der Waals surface area (Å²) in [6, 6.07) is 8.09. The highest BCUT2D eigenvalue weighted by atomic mass is 16.5. The van der Waals surface area contributed by atoms with Crippen LogP contribution in [0.5, 0.6) is 0 Å². The smallest absolute Gasteiger partial charge is 0.261 e. The summed E-state index contributed by atoms with van der Waals surface area (Å²) in [5, 5.41) is 3.83. The van der Waals surface area contributed by atoms with E-state index in [2.05, 4.69) is 10.1 Å². The molecule has 9 nitrogen and oxygen atoms in total. The molecule has 1 saturated heterocycles. The molecule has 3 aromatic rings. The van der Waals surface area contributed by atoms with Crippen molar-refractivity contribution < 1.29 is 23.3 Å². The van der Waals surface area contributed by atoms with E-state index in [-0.39, 0.29) is 29.8 Å². The van der Waals surface area contributed by atoms with Crippen molar-refractivity contribution in [2.45, 2.75) is 32.2 Å². The van der Waals surface area contributed by atoms with Gasteiger partial charge in [0.05, 0.1) is 23.9 Å². The molecular formula is C22H20N4O5. The van der Waals surface area contributed by atoms with E-state index in [1.165, 1.54) is 12.3 Å². The molecule has 158 valence electrons. The fourth-order valence-corrected chi connectivity index (χ4v) is 4.12. The van der Waals surface area contributed by atoms with Gasteiger partial charge in [-0.25, -0.2) is 0 Å². The first-order valence-electron chi connectivity index (χ1n) is 10.1. The molecule has 5 rings (SSSR count). The average Bonchev–Trinajstić information content (AvgIpc) is 3.51. The van der Waals surface area contributed by atoms with E-state index < -0.39 is 5.91 Å². The minimum Gasteiger partial charge on any atom is -0.467 e. The maximum Gasteiger partial charge on any atom is 0.261 e. The van der Waals surface area contributed by atoms with Gasteiger partial charge in [-0.2, -0.15) is 4.98 Å². The molecule has 0 bridgehead atoms. The Labute approximate surface area is 177 Å². The Hall–Kier alpha value is -3.75. The second kappa shape index (κ2) is 7.50. The summed E-state index contributed by atoms with van der Waals surface area (Å²) in [7, 11) is 0. The Morgan fingerprint density at radius 3 is 2.58 bits per heavy atom. The number of amides is 3. The highest BCUT2D eigenvalue weighted by molar-refractivity contribution is 6.22. The van der Waals surface area contributed by atoms with Gasteiger partial charge in [0.2, 0.25) is 5.89 Å². The molecule has 1 fully saturated rings. The van der Waals surface area contributed by atoms with Gasteiger partial charge in [0.1, 0.15) is 5.76 Å². The van der Waals surface area contributed by atoms with Gasteiger partial charge in [0, 0.05) is 24.6 Å². The minimum absolute atomic E-state index is 0.0608. The third-order valence-corrected chi connectivity index (χ3v) is 5.79. The molecule has 0 saturated carbocycles. The summed E-state index contributed by atoms with van der Waals surface area (Å²) in [5.74, 6) is 0.912. The van der Waals surface area contributed by atoms with E-state index in [0.29, 0.717) is 41.7 Å². The number of carbonyl (C=O) groups excluding carboxylic acids is 3. The molecule has 0 atom stereocenters. The van der Waals surface area contributed by atoms with E-state index in [1.54, 1.807) is 36.1 Å². The molecule has 0 aliphatic carbocycles. The molecule has 0 N–H and O–H groups in total. The number of furan rings is 1. The number of rotatable bonds is 4. The Balaban J connectivity index is 1.29. The van der Waals surface area contributed by atoms with Crippen LogP contribution in [0.1, 0.15) is 67.3 Å². The molecule has 3 amide bonds. The summed E-state index contributed by atoms with van der Waals surface area (Å²) in [4.78, 5) is 45.6. The first-order valence-corrected chi connectivity index (χ1v) is 10.1. The minimum atomic E-state index is -0.420. The zero-order chi connectivity index (χ0) is 21.5. The lowest BCUT2D eigenvalue weighted by atomic mass is 9.96. The van der Waals surface area contributed by atoms with Crippen molar-refractivity contribution in [3.8, 4) is 0 Å². The van der Waals surface area contributed by atoms with Gasteiger partial charge in [-0.3, -0.25) is 19.3 Å². The largest absolute Gasteiger partial charge is 0.467 e. The Bertz CT molecular complexity index is 1160. The number of carbonyl (C=O) groups is 3. The molecule has 2 aliphatic rings. The maximum atomic E-state index is 13.0. The first-order chi connectivity index (χ1) is 15.0. The molecule has 31 heavy (non-hydrogen) atoms. The average molecular weight is 420 g/mol. The van der Waals surface area contributed by atoms with E-state index in [4.69, 9.17) is 8.94 Å². The zero-order valence-electron chi connectivity index (χ0n) is 16.9. The summed E-state index contributed by atoms with van der Waals surface area (Å²) in [6.07, 6.45) is 2.95. The number of hydrogen-bond acceptors (Lipinski definition) is 7. The fourth-order valence-electron chi connectivity index (χ4n) is 4.12. The first kappa shape index (κ1) is 19.2. The molecule has 0 radical (unpaired) electrons. The van der Waals surface area contributed by atoms with Gasteiger partial charge < -0.3 is 13.8 Å². The lowest BCUT2D eigenvalue weighted by Gasteiger charge is -2.30. The predicted octanol–water partition coefficient (Wildman–Crippen LogP) is 2.79. The summed E-state index contributed by atoms with van der Waals surface area (Å²) < 4.78 is 10.5. The van der Waals surface area contributed by atoms with Crippen LogP contribution in [0, 0.1) is 6.92 Å². The molecule has 0 spiro atoms. The highest BCUT2D eigenvalue weighted by Gasteiger charge is 2.37. The van der Waals surface area contributed by atoms with Crippen molar-refractivity contribution in [2.24, 2.45) is 0 Å². The molecule has 2 aromatic heterocycles. The summed E-state index contributed by atoms with van der Waals surface area (Å²) in [6.45, 7) is 2.95. The number of benzene rings is 1. The van der Waals surface area contributed by atoms with E-state index in [1.807, 2.05) is 0 Å². The second-order valence-electron chi connectivity index (χ2n) is 7.78. The van der Waals surface area contributed by atoms with Crippen molar-refractivity contribution >= 4 is 17.7 Å². The van der Waals surface area contributed by atoms with Gasteiger partial charge in [0.25, 0.3) is 17.7 Å². The summed E-state index contributed by atoms with van der Waals surface area (Å²) >= 11 is 0. The van der Waals surface area contributed by atoms with Gasteiger partial charge >= 0.3 is 0 Å². The van der Waals surface area contributed by atoms with Gasteiger partial charge in [-0.05, 0) is 50.1 Å². The number of nitrogens with zero attached hydrogens (tertiary/aromatic N) is 4. The van der Waals surface area contributed by atoms with Crippen LogP contribution in [0.4, 0.5) is 0 Å². The predicted molar refractivity (Wildman–Crippen MR) is 106 cm³/mol. The van der Waals surface area contributed by atoms with E-state index in [9.17, 15) is 14.4 Å². The number of fused-ring (bicyclic) bond motifs is 1. The number of aromatic nitrogens is 2. The van der Waals surface area contributed by atoms with Gasteiger partial charge in [-0.15, -0.1) is 0 Å². The number of imide groups is 1. The Kier molecular flexibility index (Phi) is 4.65. The molecule has 4 heterocycles. The molecule has 2 aliphatic heterocycles. The van der Waals surface area contributed by atoms with Crippen molar-refractivity contribution in [2.75, 3.05) is 13.1 Å². The monoisotopic (exact) mass is 420 g/mol. The zero-order valence-corrected chi connectivity index (χ0v) is 16.9. The van der Waals surface area contributed by atoms with Crippen LogP contribution >= 0.6 is 0 Å². The van der Waals surface area contributed by atoms with Crippen LogP contribution in [0.15, 0.2) is 45.5 Å². The highest BCUT2D eigenvalue weighted by Crippen LogP contribution is 2.29. The number of hydrogen-bond donors (Lipinski definition) is 0. The normalized spacial score (nSPS) is 16.8. The van der Waals surface area contributed by atoms with Crippen LogP contribution in [0.2, 0.25) is 0 Å². The second-order valence-corrected chi connectivity index (χ2v) is 7.78. The third-order valence-electron chi connectivity index (χ3n) is 5.79. The van der Waals surface area contributed by atoms with Crippen LogP contribution in [0.25, 0.3) is 0 Å². The van der Waals surface area contributed by atoms with Gasteiger partial charge in [-0.1, -0.05) is 5.16 Å². The number of aryl methyl sites for hydroxylation is 1. The quantitative estimate of drug-likeness (QED) is 0.597. The van der Waals surface area contributed by atoms with E-state index >= 15 is 0 Å². The van der Waals surface area contributed by atoms with Crippen LogP contribution < -0.4 is 0 Å². The van der Waals surface area contributed by atoms with Crippen LogP contribution in [-0.4, -0.2) is 50.8 Å². The Morgan fingerprint density at radius 2 is 1.90 bits per heavy atom. The lowest BCUT2D eigenvalue weighted by molar-refractivity contribution is 0.0631. The molecule has 1 aromatic carbocycles. The van der Waals surface area contributed by atoms with Crippen LogP contribution in [-0.2, 0) is 6.54 Å². The van der Waals surface area contributed by atoms with Crippen molar-refractivity contribution in [1.82, 2.24) is 19.9 Å². The van der Waals surface area contributed by atoms with Crippen molar-refractivity contribution in [1.29, 1.82) is 0 Å². The molecule has 9 heteroatoms. The van der Waals surface area contributed by atoms with Crippen molar-refractivity contribution in [3.63, 3.8) is 0 Å². The number of likely N-dealkylation sites (tertiary alicyclic amines) is 1. The number of piperidine rings is 1. The fraction of sp³-hybridized carbons (Fsp3) is 0.318. The SMILES string of the molecule is Cc1noc(C2CCN(C(=O)c3ccc4c(c3)C(=O)N(Cc3ccco3)C4=O)CC2)n1. The van der Waals surface area contributed by atoms with Crippen LogP contribution in [0.3, 0.4) is 0 Å². The molecular weight excluding hydrogens is 400 g/mol. The summed E-state index contributed by atoms with van der Waals surface area (Å²) in [5.41, 5.74) is 0.948. The maximum absolute atomic E-state index is 13.0. The molecule has 0 unspecified atom stereocenters. The standard InChI is InChI=1S/C22H20N4O5/c1-13-23-19(31-24-13)14-6-8-25(9-7-14)20(27)15-4-5-17-18(11-15)22(29)26(21(17)28)12-16-3-2-10-30-16/h2-5,10-11,14H,6-9,12H2,1H3. The lowest BCUT2D eigenvalue weighted by Crippen LogP contribution is -2.38. The van der Waals surface area contributed by atoms with Crippen molar-refractivity contribution in [3.05, 3.63) is 70.8 Å². The van der Waals surface area contributed by atoms with Gasteiger partial charge in [0.15, 0.2) is 5.82 Å². The topological polar surface area (TPSA) is 110 Å². The third kappa shape index (κ3) is 3.41. The van der Waals surface area contributed by atoms with E-state index in [0.717, 1.165) is 17.7 Å².